The summed E-state index contributed by atoms with van der Waals surface area (Å²) in [6.45, 7) is 6.63. The molecule has 1 aromatic heterocycles. The number of carboxylic acid groups (broad SMARTS) is 1. The van der Waals surface area contributed by atoms with Crippen LogP contribution in [0.25, 0.3) is 0 Å². The summed E-state index contributed by atoms with van der Waals surface area (Å²) in [5.41, 5.74) is -0.538. The molecule has 0 unspecified atom stereocenters. The maximum atomic E-state index is 12.3. The molecule has 6 heteroatoms. The number of carbonyl (C=O) groups is 2. The van der Waals surface area contributed by atoms with Gasteiger partial charge in [0.25, 0.3) is 0 Å². The molecule has 0 aliphatic carbocycles. The second kappa shape index (κ2) is 7.09. The Labute approximate surface area is 128 Å². The van der Waals surface area contributed by atoms with Crippen molar-refractivity contribution in [2.75, 3.05) is 6.54 Å². The molecule has 1 N–H and O–H groups in total. The summed E-state index contributed by atoms with van der Waals surface area (Å²) in [6, 6.07) is 3.72. The van der Waals surface area contributed by atoms with Gasteiger partial charge in [-0.3, -0.25) is 9.59 Å². The van der Waals surface area contributed by atoms with E-state index in [-0.39, 0.29) is 18.7 Å². The summed E-state index contributed by atoms with van der Waals surface area (Å²) in [6.07, 6.45) is 0.216. The number of nitrogens with zero attached hydrogens (tertiary/aromatic N) is 1. The Morgan fingerprint density at radius 3 is 2.45 bits per heavy atom. The third-order valence-corrected chi connectivity index (χ3v) is 4.19. The van der Waals surface area contributed by atoms with Gasteiger partial charge in [0.1, 0.15) is 0 Å². The van der Waals surface area contributed by atoms with Gasteiger partial charge in [-0.25, -0.2) is 0 Å². The normalized spacial score (nSPS) is 11.4. The number of hydrogen-bond donors (Lipinski definition) is 1. The predicted molar refractivity (Wildman–Crippen MR) is 81.1 cm³/mol. The Hall–Kier alpha value is -1.07. The number of hydrogen-bond acceptors (Lipinski definition) is 3. The second-order valence-corrected chi connectivity index (χ2v) is 7.32. The fourth-order valence-corrected chi connectivity index (χ4v) is 3.10. The Kier molecular flexibility index (Phi) is 6.02. The van der Waals surface area contributed by atoms with Crippen LogP contribution >= 0.6 is 22.9 Å². The van der Waals surface area contributed by atoms with Crippen LogP contribution in [0.1, 0.15) is 38.5 Å². The average Bonchev–Trinajstić information content (AvgIpc) is 2.69. The van der Waals surface area contributed by atoms with E-state index < -0.39 is 11.4 Å². The molecule has 0 radical (unpaired) electrons. The van der Waals surface area contributed by atoms with Gasteiger partial charge >= 0.3 is 5.97 Å². The van der Waals surface area contributed by atoms with E-state index in [2.05, 4.69) is 0 Å². The van der Waals surface area contributed by atoms with E-state index in [1.807, 2.05) is 19.1 Å². The Morgan fingerprint density at radius 1 is 1.35 bits per heavy atom. The number of aliphatic carboxylic acids is 1. The summed E-state index contributed by atoms with van der Waals surface area (Å²) >= 11 is 7.34. The highest BCUT2D eigenvalue weighted by atomic mass is 35.5. The van der Waals surface area contributed by atoms with Gasteiger partial charge in [0.05, 0.1) is 17.3 Å². The molecular formula is C14H20ClNO3S. The molecule has 0 saturated heterocycles. The van der Waals surface area contributed by atoms with E-state index in [1.54, 1.807) is 18.7 Å². The van der Waals surface area contributed by atoms with E-state index in [9.17, 15) is 9.59 Å². The van der Waals surface area contributed by atoms with Crippen molar-refractivity contribution in [3.63, 3.8) is 0 Å². The number of halogens is 1. The Morgan fingerprint density at radius 2 is 2.00 bits per heavy atom. The minimum atomic E-state index is -0.879. The van der Waals surface area contributed by atoms with Crippen molar-refractivity contribution in [2.45, 2.75) is 40.2 Å². The summed E-state index contributed by atoms with van der Waals surface area (Å²) in [4.78, 5) is 25.8. The summed E-state index contributed by atoms with van der Waals surface area (Å²) in [5, 5.41) is 8.86. The van der Waals surface area contributed by atoms with E-state index in [0.717, 1.165) is 4.88 Å². The molecule has 0 fully saturated rings. The lowest BCUT2D eigenvalue weighted by molar-refractivity contribution is -0.140. The third kappa shape index (κ3) is 5.51. The molecule has 4 nitrogen and oxygen atoms in total. The largest absolute Gasteiger partial charge is 0.481 e. The standard InChI is InChI=1S/C14H20ClNO3S/c1-4-16(9-10-5-6-11(15)20-10)12(17)7-14(2,3)8-13(18)19/h5-6H,4,7-9H2,1-3H3,(H,18,19). The fourth-order valence-electron chi connectivity index (χ4n) is 1.99. The highest BCUT2D eigenvalue weighted by Gasteiger charge is 2.27. The average molecular weight is 318 g/mol. The van der Waals surface area contributed by atoms with Gasteiger partial charge in [0.2, 0.25) is 5.91 Å². The molecule has 1 aromatic rings. The van der Waals surface area contributed by atoms with Gasteiger partial charge < -0.3 is 10.0 Å². The van der Waals surface area contributed by atoms with Crippen molar-refractivity contribution in [1.29, 1.82) is 0 Å². The van der Waals surface area contributed by atoms with Gasteiger partial charge in [0.15, 0.2) is 0 Å². The maximum Gasteiger partial charge on any atom is 0.303 e. The zero-order chi connectivity index (χ0) is 15.3. The van der Waals surface area contributed by atoms with E-state index in [1.165, 1.54) is 11.3 Å². The highest BCUT2D eigenvalue weighted by molar-refractivity contribution is 7.16. The van der Waals surface area contributed by atoms with E-state index in [0.29, 0.717) is 17.4 Å². The van der Waals surface area contributed by atoms with Gasteiger partial charge in [-0.05, 0) is 24.5 Å². The quantitative estimate of drug-likeness (QED) is 0.835. The third-order valence-electron chi connectivity index (χ3n) is 2.97. The highest BCUT2D eigenvalue weighted by Crippen LogP contribution is 2.27. The molecule has 0 bridgehead atoms. The van der Waals surface area contributed by atoms with Crippen LogP contribution in [0.2, 0.25) is 4.34 Å². The second-order valence-electron chi connectivity index (χ2n) is 5.53. The molecule has 112 valence electrons. The lowest BCUT2D eigenvalue weighted by Gasteiger charge is -2.27. The first-order valence-corrected chi connectivity index (χ1v) is 7.67. The van der Waals surface area contributed by atoms with Crippen molar-refractivity contribution < 1.29 is 14.7 Å². The maximum absolute atomic E-state index is 12.3. The Bertz CT molecular complexity index is 485. The molecule has 0 aliphatic rings. The summed E-state index contributed by atoms with van der Waals surface area (Å²) in [7, 11) is 0. The first-order valence-electron chi connectivity index (χ1n) is 6.47. The van der Waals surface area contributed by atoms with Crippen LogP contribution in [-0.4, -0.2) is 28.4 Å². The molecule has 1 rings (SSSR count). The zero-order valence-electron chi connectivity index (χ0n) is 12.0. The van der Waals surface area contributed by atoms with Gasteiger partial charge in [-0.1, -0.05) is 25.4 Å². The number of thiophene rings is 1. The topological polar surface area (TPSA) is 57.6 Å². The zero-order valence-corrected chi connectivity index (χ0v) is 13.6. The van der Waals surface area contributed by atoms with Crippen LogP contribution in [0.3, 0.4) is 0 Å². The van der Waals surface area contributed by atoms with Crippen LogP contribution in [0.15, 0.2) is 12.1 Å². The van der Waals surface area contributed by atoms with E-state index in [4.69, 9.17) is 16.7 Å². The molecule has 0 aliphatic heterocycles. The van der Waals surface area contributed by atoms with Gasteiger partial charge in [-0.2, -0.15) is 0 Å². The molecule has 1 heterocycles. The van der Waals surface area contributed by atoms with Crippen molar-refractivity contribution in [2.24, 2.45) is 5.41 Å². The number of carboxylic acids is 1. The number of rotatable bonds is 7. The molecule has 0 saturated carbocycles. The van der Waals surface area contributed by atoms with Crippen LogP contribution in [0.5, 0.6) is 0 Å². The van der Waals surface area contributed by atoms with Crippen molar-refractivity contribution in [3.05, 3.63) is 21.3 Å². The molecule has 0 spiro atoms. The molecular weight excluding hydrogens is 298 g/mol. The van der Waals surface area contributed by atoms with Crippen molar-refractivity contribution in [3.8, 4) is 0 Å². The van der Waals surface area contributed by atoms with Crippen LogP contribution in [0, 0.1) is 5.41 Å². The first-order chi connectivity index (χ1) is 9.23. The smallest absolute Gasteiger partial charge is 0.303 e. The Balaban J connectivity index is 2.65. The minimum Gasteiger partial charge on any atom is -0.481 e. The minimum absolute atomic E-state index is 0.0128. The van der Waals surface area contributed by atoms with Gasteiger partial charge in [-0.15, -0.1) is 11.3 Å². The monoisotopic (exact) mass is 317 g/mol. The van der Waals surface area contributed by atoms with Crippen LogP contribution < -0.4 is 0 Å². The van der Waals surface area contributed by atoms with Crippen molar-refractivity contribution >= 4 is 34.8 Å². The number of carbonyl (C=O) groups excluding carboxylic acids is 1. The molecule has 0 atom stereocenters. The van der Waals surface area contributed by atoms with Crippen molar-refractivity contribution in [1.82, 2.24) is 4.90 Å². The lowest BCUT2D eigenvalue weighted by Crippen LogP contribution is -2.34. The summed E-state index contributed by atoms with van der Waals surface area (Å²) < 4.78 is 0.703. The van der Waals surface area contributed by atoms with Crippen LogP contribution in [0.4, 0.5) is 0 Å². The molecule has 0 aromatic carbocycles. The van der Waals surface area contributed by atoms with E-state index >= 15 is 0 Å². The predicted octanol–water partition coefficient (Wildman–Crippen LogP) is 3.64. The molecule has 1 amide bonds. The molecule has 20 heavy (non-hydrogen) atoms. The summed E-state index contributed by atoms with van der Waals surface area (Å²) in [5.74, 6) is -0.904. The van der Waals surface area contributed by atoms with Gasteiger partial charge in [0, 0.05) is 17.8 Å². The lowest BCUT2D eigenvalue weighted by atomic mass is 9.85. The first kappa shape index (κ1) is 17.0. The fraction of sp³-hybridized carbons (Fsp3) is 0.571. The van der Waals surface area contributed by atoms with Crippen LogP contribution in [-0.2, 0) is 16.1 Å². The SMILES string of the molecule is CCN(Cc1ccc(Cl)s1)C(=O)CC(C)(C)CC(=O)O. The number of amides is 1.